The van der Waals surface area contributed by atoms with Crippen molar-refractivity contribution in [3.8, 4) is 0 Å². The molecule has 294 valence electrons. The summed E-state index contributed by atoms with van der Waals surface area (Å²) in [5.41, 5.74) is 0. The van der Waals surface area contributed by atoms with Crippen molar-refractivity contribution in [2.45, 2.75) is 238 Å². The van der Waals surface area contributed by atoms with Crippen molar-refractivity contribution in [2.75, 3.05) is 6.61 Å². The van der Waals surface area contributed by atoms with Crippen LogP contribution in [-0.2, 0) is 4.79 Å². The van der Waals surface area contributed by atoms with E-state index >= 15 is 0 Å². The summed E-state index contributed by atoms with van der Waals surface area (Å²) in [6.45, 7) is 4.18. The molecule has 5 nitrogen and oxygen atoms in total. The lowest BCUT2D eigenvalue weighted by Gasteiger charge is -2.21. The van der Waals surface area contributed by atoms with E-state index in [2.05, 4.69) is 43.5 Å². The number of aliphatic hydroxyl groups excluding tert-OH is 3. The van der Waals surface area contributed by atoms with E-state index < -0.39 is 18.2 Å². The molecule has 0 aromatic rings. The molecular formula is C45H85NO4. The molecule has 0 fully saturated rings. The fourth-order valence-corrected chi connectivity index (χ4v) is 6.55. The molecule has 0 spiro atoms. The Bertz CT molecular complexity index is 779. The van der Waals surface area contributed by atoms with Crippen molar-refractivity contribution >= 4 is 5.91 Å². The van der Waals surface area contributed by atoms with Crippen LogP contribution in [0.1, 0.15) is 219 Å². The van der Waals surface area contributed by atoms with Crippen LogP contribution in [-0.4, -0.2) is 46.1 Å². The molecule has 50 heavy (non-hydrogen) atoms. The second-order valence-electron chi connectivity index (χ2n) is 14.9. The first-order valence-electron chi connectivity index (χ1n) is 21.8. The van der Waals surface area contributed by atoms with Crippen LogP contribution in [0, 0.1) is 0 Å². The van der Waals surface area contributed by atoms with Crippen molar-refractivity contribution in [3.05, 3.63) is 36.5 Å². The van der Waals surface area contributed by atoms with Crippen LogP contribution in [0.3, 0.4) is 0 Å². The normalized spacial score (nSPS) is 13.9. The summed E-state index contributed by atoms with van der Waals surface area (Å²) in [5, 5.41) is 33.1. The molecule has 3 atom stereocenters. The summed E-state index contributed by atoms with van der Waals surface area (Å²) in [4.78, 5) is 12.4. The Kier molecular flexibility index (Phi) is 39.2. The van der Waals surface area contributed by atoms with E-state index in [9.17, 15) is 20.1 Å². The van der Waals surface area contributed by atoms with E-state index in [-0.39, 0.29) is 18.9 Å². The van der Waals surface area contributed by atoms with Gasteiger partial charge in [0.15, 0.2) is 0 Å². The van der Waals surface area contributed by atoms with E-state index in [0.717, 1.165) is 38.5 Å². The lowest BCUT2D eigenvalue weighted by atomic mass is 10.0. The Morgan fingerprint density at radius 3 is 1.28 bits per heavy atom. The van der Waals surface area contributed by atoms with Crippen LogP contribution in [0.5, 0.6) is 0 Å². The van der Waals surface area contributed by atoms with E-state index in [0.29, 0.717) is 6.42 Å². The van der Waals surface area contributed by atoms with Gasteiger partial charge in [-0.15, -0.1) is 0 Å². The quantitative estimate of drug-likeness (QED) is 0.0379. The Hall–Kier alpha value is -1.43. The molecular weight excluding hydrogens is 618 g/mol. The molecule has 0 bridgehead atoms. The number of nitrogens with one attached hydrogen (secondary N) is 1. The minimum absolute atomic E-state index is 0.00382. The van der Waals surface area contributed by atoms with Crippen LogP contribution in [0.25, 0.3) is 0 Å². The fourth-order valence-electron chi connectivity index (χ4n) is 6.55. The lowest BCUT2D eigenvalue weighted by Crippen LogP contribution is -2.45. The van der Waals surface area contributed by atoms with E-state index in [1.807, 2.05) is 6.08 Å². The number of amides is 1. The minimum Gasteiger partial charge on any atom is -0.394 e. The maximum atomic E-state index is 12.4. The van der Waals surface area contributed by atoms with Gasteiger partial charge in [-0.2, -0.15) is 0 Å². The first-order valence-corrected chi connectivity index (χ1v) is 21.8. The SMILES string of the molecule is CCCCCCCCCCCCCCCCC/C=C/CC/C=C/CC/C=C/C(O)C(CO)NC(=O)CC(O)CCCCCCCCCCCC. The second-order valence-corrected chi connectivity index (χ2v) is 14.9. The van der Waals surface area contributed by atoms with E-state index in [1.165, 1.54) is 154 Å². The van der Waals surface area contributed by atoms with Crippen LogP contribution in [0.4, 0.5) is 0 Å². The lowest BCUT2D eigenvalue weighted by molar-refractivity contribution is -0.124. The second kappa shape index (κ2) is 40.3. The van der Waals surface area contributed by atoms with Crippen molar-refractivity contribution in [1.82, 2.24) is 5.32 Å². The summed E-state index contributed by atoms with van der Waals surface area (Å²) in [7, 11) is 0. The molecule has 4 N–H and O–H groups in total. The van der Waals surface area contributed by atoms with Gasteiger partial charge >= 0.3 is 0 Å². The highest BCUT2D eigenvalue weighted by Crippen LogP contribution is 2.15. The average molecular weight is 704 g/mol. The van der Waals surface area contributed by atoms with Gasteiger partial charge in [-0.3, -0.25) is 4.79 Å². The smallest absolute Gasteiger partial charge is 0.222 e. The Labute approximate surface area is 311 Å². The van der Waals surface area contributed by atoms with Gasteiger partial charge in [0.1, 0.15) is 0 Å². The van der Waals surface area contributed by atoms with Gasteiger partial charge < -0.3 is 20.6 Å². The number of carbonyl (C=O) groups is 1. The van der Waals surface area contributed by atoms with Crippen molar-refractivity contribution in [2.24, 2.45) is 0 Å². The molecule has 1 amide bonds. The molecule has 0 saturated carbocycles. The zero-order valence-electron chi connectivity index (χ0n) is 33.3. The van der Waals surface area contributed by atoms with Crippen molar-refractivity contribution < 1.29 is 20.1 Å². The molecule has 0 aliphatic rings. The van der Waals surface area contributed by atoms with Gasteiger partial charge in [0.05, 0.1) is 31.3 Å². The molecule has 0 heterocycles. The Morgan fingerprint density at radius 1 is 0.500 bits per heavy atom. The van der Waals surface area contributed by atoms with Gasteiger partial charge in [-0.05, 0) is 44.9 Å². The molecule has 0 aliphatic heterocycles. The van der Waals surface area contributed by atoms with Gasteiger partial charge in [-0.1, -0.05) is 204 Å². The van der Waals surface area contributed by atoms with Crippen LogP contribution in [0.15, 0.2) is 36.5 Å². The van der Waals surface area contributed by atoms with Crippen molar-refractivity contribution in [1.29, 1.82) is 0 Å². The third kappa shape index (κ3) is 36.4. The number of carbonyl (C=O) groups excluding carboxylic acids is 1. The third-order valence-electron chi connectivity index (χ3n) is 9.91. The Morgan fingerprint density at radius 2 is 0.860 bits per heavy atom. The van der Waals surface area contributed by atoms with Crippen LogP contribution >= 0.6 is 0 Å². The monoisotopic (exact) mass is 704 g/mol. The molecule has 0 aromatic heterocycles. The Balaban J connectivity index is 3.70. The third-order valence-corrected chi connectivity index (χ3v) is 9.91. The number of unbranched alkanes of at least 4 members (excludes halogenated alkanes) is 26. The zero-order valence-corrected chi connectivity index (χ0v) is 33.3. The maximum Gasteiger partial charge on any atom is 0.222 e. The summed E-state index contributed by atoms with van der Waals surface area (Å²) in [5.74, 6) is -0.331. The van der Waals surface area contributed by atoms with Gasteiger partial charge in [-0.25, -0.2) is 0 Å². The number of hydrogen-bond donors (Lipinski definition) is 4. The molecule has 0 rings (SSSR count). The summed E-state index contributed by atoms with van der Waals surface area (Å²) in [6.07, 6.45) is 50.1. The van der Waals surface area contributed by atoms with E-state index in [1.54, 1.807) is 6.08 Å². The number of hydrogen-bond acceptors (Lipinski definition) is 4. The van der Waals surface area contributed by atoms with Gasteiger partial charge in [0.2, 0.25) is 5.91 Å². The molecule has 0 saturated heterocycles. The number of rotatable bonds is 39. The zero-order chi connectivity index (χ0) is 36.6. The van der Waals surface area contributed by atoms with Crippen LogP contribution in [0.2, 0.25) is 0 Å². The maximum absolute atomic E-state index is 12.4. The highest BCUT2D eigenvalue weighted by molar-refractivity contribution is 5.76. The predicted molar refractivity (Wildman–Crippen MR) is 218 cm³/mol. The largest absolute Gasteiger partial charge is 0.394 e. The topological polar surface area (TPSA) is 89.8 Å². The van der Waals surface area contributed by atoms with E-state index in [4.69, 9.17) is 0 Å². The molecule has 0 radical (unpaired) electrons. The minimum atomic E-state index is -0.957. The molecule has 0 aromatic carbocycles. The average Bonchev–Trinajstić information content (AvgIpc) is 3.11. The summed E-state index contributed by atoms with van der Waals surface area (Å²) in [6, 6.07) is -0.764. The predicted octanol–water partition coefficient (Wildman–Crippen LogP) is 12.4. The molecule has 0 aliphatic carbocycles. The number of aliphatic hydroxyl groups is 3. The highest BCUT2D eigenvalue weighted by atomic mass is 16.3. The fraction of sp³-hybridized carbons (Fsp3) is 0.844. The molecule has 3 unspecified atom stereocenters. The summed E-state index contributed by atoms with van der Waals surface area (Å²) < 4.78 is 0. The van der Waals surface area contributed by atoms with Gasteiger partial charge in [0.25, 0.3) is 0 Å². The summed E-state index contributed by atoms with van der Waals surface area (Å²) >= 11 is 0. The van der Waals surface area contributed by atoms with Crippen molar-refractivity contribution in [3.63, 3.8) is 0 Å². The molecule has 5 heteroatoms. The van der Waals surface area contributed by atoms with Crippen LogP contribution < -0.4 is 5.32 Å². The highest BCUT2D eigenvalue weighted by Gasteiger charge is 2.20. The standard InChI is InChI=1S/C45H85NO4/c1-3-5-7-9-11-13-15-16-17-18-19-20-21-22-23-24-25-26-27-28-29-31-33-35-37-39-44(49)43(41-47)46-45(50)40-42(48)38-36-34-32-30-14-12-10-8-6-4-2/h25-26,29,31,37,39,42-44,47-49H,3-24,27-28,30,32-36,38,40-41H2,1-2H3,(H,46,50)/b26-25+,31-29+,39-37+. The van der Waals surface area contributed by atoms with Gasteiger partial charge in [0, 0.05) is 0 Å². The number of allylic oxidation sites excluding steroid dienone is 5. The first-order chi connectivity index (χ1) is 24.5. The first kappa shape index (κ1) is 48.6.